The molecule has 0 aliphatic rings. The highest BCUT2D eigenvalue weighted by molar-refractivity contribution is 7.17. The Morgan fingerprint density at radius 3 is 2.88 bits per heavy atom. The molecule has 0 saturated carbocycles. The number of nitrogens with one attached hydrogen (secondary N) is 1. The van der Waals surface area contributed by atoms with Gasteiger partial charge in [0.15, 0.2) is 0 Å². The van der Waals surface area contributed by atoms with Crippen molar-refractivity contribution in [1.29, 1.82) is 0 Å². The molecule has 0 aliphatic carbocycles. The first-order valence-corrected chi connectivity index (χ1v) is 5.42. The van der Waals surface area contributed by atoms with Crippen molar-refractivity contribution < 1.29 is 18.3 Å². The second kappa shape index (κ2) is 6.66. The van der Waals surface area contributed by atoms with Crippen LogP contribution in [0.3, 0.4) is 0 Å². The minimum atomic E-state index is -2.50. The third-order valence-electron chi connectivity index (χ3n) is 1.37. The lowest BCUT2D eigenvalue weighted by Crippen LogP contribution is -2.27. The van der Waals surface area contributed by atoms with Crippen molar-refractivity contribution in [2.24, 2.45) is 0 Å². The maximum absolute atomic E-state index is 11.6. The Balaban J connectivity index is 2.16. The van der Waals surface area contributed by atoms with Crippen LogP contribution in [0.4, 0.5) is 8.78 Å². The van der Waals surface area contributed by atoms with Gasteiger partial charge in [-0.15, -0.1) is 10.2 Å². The summed E-state index contributed by atoms with van der Waals surface area (Å²) in [6.45, 7) is -0.494. The standard InChI is InChI=1S/C7H8ClF2N3O2S/c8-7-13-12-6(16-7)5(14)11-1-2-15-3-4(9)10/h4H,1-3H2,(H,11,14). The molecule has 0 aliphatic heterocycles. The molecule has 0 atom stereocenters. The lowest BCUT2D eigenvalue weighted by Gasteiger charge is -2.03. The van der Waals surface area contributed by atoms with Gasteiger partial charge in [0.1, 0.15) is 6.61 Å². The smallest absolute Gasteiger partial charge is 0.282 e. The Labute approximate surface area is 98.8 Å². The Bertz CT molecular complexity index is 350. The van der Waals surface area contributed by atoms with Crippen LogP contribution in [0.5, 0.6) is 0 Å². The highest BCUT2D eigenvalue weighted by Gasteiger charge is 2.11. The van der Waals surface area contributed by atoms with Crippen LogP contribution in [0.15, 0.2) is 0 Å². The third kappa shape index (κ3) is 4.77. The second-order valence-corrected chi connectivity index (χ2v) is 4.14. The van der Waals surface area contributed by atoms with Gasteiger partial charge in [-0.25, -0.2) is 8.78 Å². The van der Waals surface area contributed by atoms with Crippen molar-refractivity contribution >= 4 is 28.8 Å². The molecule has 5 nitrogen and oxygen atoms in total. The molecule has 9 heteroatoms. The van der Waals surface area contributed by atoms with Gasteiger partial charge < -0.3 is 10.1 Å². The molecule has 0 aromatic carbocycles. The molecule has 1 N–H and O–H groups in total. The van der Waals surface area contributed by atoms with E-state index in [0.717, 1.165) is 11.3 Å². The molecule has 1 aromatic heterocycles. The van der Waals surface area contributed by atoms with Crippen molar-refractivity contribution in [2.45, 2.75) is 6.43 Å². The Morgan fingerprint density at radius 2 is 2.31 bits per heavy atom. The van der Waals surface area contributed by atoms with Crippen LogP contribution in [0, 0.1) is 0 Å². The van der Waals surface area contributed by atoms with Gasteiger partial charge in [0.2, 0.25) is 9.47 Å². The largest absolute Gasteiger partial charge is 0.374 e. The van der Waals surface area contributed by atoms with Gasteiger partial charge in [-0.3, -0.25) is 4.79 Å². The summed E-state index contributed by atoms with van der Waals surface area (Å²) in [6.07, 6.45) is -2.50. The van der Waals surface area contributed by atoms with Gasteiger partial charge >= 0.3 is 0 Å². The van der Waals surface area contributed by atoms with Crippen LogP contribution in [0.1, 0.15) is 9.80 Å². The number of hydrogen-bond acceptors (Lipinski definition) is 5. The molecule has 1 amide bonds. The van der Waals surface area contributed by atoms with E-state index in [1.165, 1.54) is 0 Å². The molecule has 1 aromatic rings. The van der Waals surface area contributed by atoms with Gasteiger partial charge in [0, 0.05) is 6.54 Å². The molecule has 0 fully saturated rings. The normalized spacial score (nSPS) is 10.8. The summed E-state index contributed by atoms with van der Waals surface area (Å²) in [5.41, 5.74) is 0. The number of amides is 1. The number of nitrogens with zero attached hydrogens (tertiary/aromatic N) is 2. The molecule has 0 unspecified atom stereocenters. The molecule has 1 heterocycles. The van der Waals surface area contributed by atoms with Crippen LogP contribution in [0.2, 0.25) is 4.47 Å². The zero-order valence-electron chi connectivity index (χ0n) is 7.95. The predicted molar refractivity (Wildman–Crippen MR) is 54.1 cm³/mol. The van der Waals surface area contributed by atoms with Crippen LogP contribution in [-0.4, -0.2) is 42.3 Å². The van der Waals surface area contributed by atoms with E-state index in [1.54, 1.807) is 0 Å². The molecule has 0 spiro atoms. The Morgan fingerprint density at radius 1 is 1.56 bits per heavy atom. The molecule has 90 valence electrons. The number of alkyl halides is 2. The first-order valence-electron chi connectivity index (χ1n) is 4.22. The average Bonchev–Trinajstić information content (AvgIpc) is 2.63. The quantitative estimate of drug-likeness (QED) is 0.790. The minimum absolute atomic E-state index is 0.0165. The fourth-order valence-corrected chi connectivity index (χ4v) is 1.53. The van der Waals surface area contributed by atoms with Crippen LogP contribution >= 0.6 is 22.9 Å². The summed E-state index contributed by atoms with van der Waals surface area (Å²) < 4.78 is 28.0. The van der Waals surface area contributed by atoms with E-state index in [9.17, 15) is 13.6 Å². The lowest BCUT2D eigenvalue weighted by molar-refractivity contribution is 0.0188. The van der Waals surface area contributed by atoms with E-state index in [1.807, 2.05) is 0 Å². The highest BCUT2D eigenvalue weighted by atomic mass is 35.5. The Hall–Kier alpha value is -0.860. The van der Waals surface area contributed by atoms with E-state index in [-0.39, 0.29) is 22.6 Å². The second-order valence-electron chi connectivity index (χ2n) is 2.58. The van der Waals surface area contributed by atoms with E-state index in [4.69, 9.17) is 11.6 Å². The maximum atomic E-state index is 11.6. The number of rotatable bonds is 6. The predicted octanol–water partition coefficient (Wildman–Crippen LogP) is 1.20. The van der Waals surface area contributed by atoms with Crippen molar-refractivity contribution in [1.82, 2.24) is 15.5 Å². The zero-order chi connectivity index (χ0) is 12.0. The van der Waals surface area contributed by atoms with Gasteiger partial charge in [-0.1, -0.05) is 11.3 Å². The molecule has 1 rings (SSSR count). The first-order chi connectivity index (χ1) is 7.59. The van der Waals surface area contributed by atoms with Gasteiger partial charge in [0.25, 0.3) is 12.3 Å². The summed E-state index contributed by atoms with van der Waals surface area (Å²) in [4.78, 5) is 11.3. The van der Waals surface area contributed by atoms with Gasteiger partial charge in [-0.2, -0.15) is 0 Å². The monoisotopic (exact) mass is 271 g/mol. The number of hydrogen-bond donors (Lipinski definition) is 1. The molecule has 16 heavy (non-hydrogen) atoms. The first kappa shape index (κ1) is 13.2. The van der Waals surface area contributed by atoms with Crippen LogP contribution < -0.4 is 5.32 Å². The topological polar surface area (TPSA) is 64.1 Å². The fourth-order valence-electron chi connectivity index (χ4n) is 0.782. The molecular weight excluding hydrogens is 264 g/mol. The summed E-state index contributed by atoms with van der Waals surface area (Å²) in [5.74, 6) is -0.454. The number of halogens is 3. The summed E-state index contributed by atoms with van der Waals surface area (Å²) >= 11 is 6.41. The fraction of sp³-hybridized carbons (Fsp3) is 0.571. The molecule has 0 saturated heterocycles. The number of ether oxygens (including phenoxy) is 1. The SMILES string of the molecule is O=C(NCCOCC(F)F)c1nnc(Cl)s1. The summed E-state index contributed by atoms with van der Waals surface area (Å²) in [6, 6.07) is 0. The highest BCUT2D eigenvalue weighted by Crippen LogP contribution is 2.14. The average molecular weight is 272 g/mol. The van der Waals surface area contributed by atoms with Crippen LogP contribution in [0.25, 0.3) is 0 Å². The van der Waals surface area contributed by atoms with E-state index in [0.29, 0.717) is 0 Å². The number of carbonyl (C=O) groups excluding carboxylic acids is 1. The van der Waals surface area contributed by atoms with Crippen molar-refractivity contribution in [3.05, 3.63) is 9.47 Å². The van der Waals surface area contributed by atoms with Crippen LogP contribution in [-0.2, 0) is 4.74 Å². The van der Waals surface area contributed by atoms with E-state index in [2.05, 4.69) is 20.3 Å². The van der Waals surface area contributed by atoms with E-state index < -0.39 is 18.9 Å². The van der Waals surface area contributed by atoms with Crippen molar-refractivity contribution in [3.63, 3.8) is 0 Å². The van der Waals surface area contributed by atoms with Crippen molar-refractivity contribution in [2.75, 3.05) is 19.8 Å². The maximum Gasteiger partial charge on any atom is 0.282 e. The number of aromatic nitrogens is 2. The molecular formula is C7H8ClF2N3O2S. The molecule has 0 radical (unpaired) electrons. The van der Waals surface area contributed by atoms with Gasteiger partial charge in [0.05, 0.1) is 6.61 Å². The summed E-state index contributed by atoms with van der Waals surface area (Å²) in [5, 5.41) is 9.50. The van der Waals surface area contributed by atoms with E-state index >= 15 is 0 Å². The Kier molecular flexibility index (Phi) is 5.50. The van der Waals surface area contributed by atoms with Gasteiger partial charge in [-0.05, 0) is 11.6 Å². The third-order valence-corrected chi connectivity index (χ3v) is 2.39. The zero-order valence-corrected chi connectivity index (χ0v) is 9.52. The van der Waals surface area contributed by atoms with Crippen molar-refractivity contribution in [3.8, 4) is 0 Å². The minimum Gasteiger partial charge on any atom is -0.374 e. The lowest BCUT2D eigenvalue weighted by atomic mass is 10.6. The summed E-state index contributed by atoms with van der Waals surface area (Å²) in [7, 11) is 0. The number of carbonyl (C=O) groups is 1. The molecule has 0 bridgehead atoms.